The summed E-state index contributed by atoms with van der Waals surface area (Å²) in [6.07, 6.45) is 4.27. The molecule has 86 valence electrons. The van der Waals surface area contributed by atoms with Crippen LogP contribution in [-0.4, -0.2) is 17.8 Å². The smallest absolute Gasteiger partial charge is 0.122 e. The van der Waals surface area contributed by atoms with Crippen LogP contribution in [-0.2, 0) is 0 Å². The Hall–Kier alpha value is -1.02. The van der Waals surface area contributed by atoms with Gasteiger partial charge in [0.05, 0.1) is 12.7 Å². The zero-order chi connectivity index (χ0) is 11.0. The molecule has 1 aromatic rings. The van der Waals surface area contributed by atoms with Crippen molar-refractivity contribution in [3.8, 4) is 5.75 Å². The topological polar surface area (TPSA) is 29.5 Å². The van der Waals surface area contributed by atoms with Crippen molar-refractivity contribution in [3.05, 3.63) is 29.8 Å². The van der Waals surface area contributed by atoms with Crippen LogP contribution < -0.4 is 4.74 Å². The van der Waals surface area contributed by atoms with E-state index < -0.39 is 0 Å². The highest BCUT2D eigenvalue weighted by atomic mass is 16.5. The molecule has 3 atom stereocenters. The van der Waals surface area contributed by atoms with Gasteiger partial charge in [-0.05, 0) is 37.7 Å². The van der Waals surface area contributed by atoms with Crippen LogP contribution in [0.3, 0.4) is 0 Å². The predicted octanol–water partition coefficient (Wildman–Crippen LogP) is 2.71. The second-order valence-electron chi connectivity index (χ2n) is 5.11. The second kappa shape index (κ2) is 4.10. The summed E-state index contributed by atoms with van der Waals surface area (Å²) in [5.74, 6) is 2.30. The predicted molar refractivity (Wildman–Crippen MR) is 62.6 cm³/mol. The maximum absolute atomic E-state index is 9.54. The van der Waals surface area contributed by atoms with Gasteiger partial charge in [0.25, 0.3) is 0 Å². The molecule has 2 aliphatic rings. The summed E-state index contributed by atoms with van der Waals surface area (Å²) in [5.41, 5.74) is 1.36. The van der Waals surface area contributed by atoms with E-state index in [1.54, 1.807) is 0 Å². The third-order valence-electron chi connectivity index (χ3n) is 3.93. The SMILES string of the molecule is OC1CCC(CC2COc3ccccc32)C1. The third kappa shape index (κ3) is 1.82. The largest absolute Gasteiger partial charge is 0.493 e. The van der Waals surface area contributed by atoms with Crippen molar-refractivity contribution in [2.24, 2.45) is 5.92 Å². The molecule has 1 N–H and O–H groups in total. The Labute approximate surface area is 96.2 Å². The highest BCUT2D eigenvalue weighted by Crippen LogP contribution is 2.40. The summed E-state index contributed by atoms with van der Waals surface area (Å²) in [6.45, 7) is 0.825. The first kappa shape index (κ1) is 10.2. The maximum Gasteiger partial charge on any atom is 0.122 e. The van der Waals surface area contributed by atoms with Crippen molar-refractivity contribution in [1.29, 1.82) is 0 Å². The van der Waals surface area contributed by atoms with E-state index in [1.807, 2.05) is 6.07 Å². The molecule has 0 spiro atoms. The first-order valence-corrected chi connectivity index (χ1v) is 6.22. The summed E-state index contributed by atoms with van der Waals surface area (Å²) in [6, 6.07) is 8.35. The van der Waals surface area contributed by atoms with Crippen LogP contribution in [0.5, 0.6) is 5.75 Å². The van der Waals surface area contributed by atoms with E-state index in [0.29, 0.717) is 11.8 Å². The third-order valence-corrected chi connectivity index (χ3v) is 3.93. The monoisotopic (exact) mass is 218 g/mol. The summed E-state index contributed by atoms with van der Waals surface area (Å²) >= 11 is 0. The number of aliphatic hydroxyl groups is 1. The Balaban J connectivity index is 1.69. The van der Waals surface area contributed by atoms with Crippen molar-refractivity contribution >= 4 is 0 Å². The number of ether oxygens (including phenoxy) is 1. The van der Waals surface area contributed by atoms with E-state index in [0.717, 1.165) is 25.2 Å². The van der Waals surface area contributed by atoms with Gasteiger partial charge in [0.15, 0.2) is 0 Å². The van der Waals surface area contributed by atoms with Gasteiger partial charge in [0.1, 0.15) is 5.75 Å². The van der Waals surface area contributed by atoms with Crippen LogP contribution in [0.4, 0.5) is 0 Å². The maximum atomic E-state index is 9.54. The van der Waals surface area contributed by atoms with Gasteiger partial charge in [0.2, 0.25) is 0 Å². The number of rotatable bonds is 2. The molecule has 1 heterocycles. The average molecular weight is 218 g/mol. The van der Waals surface area contributed by atoms with Crippen LogP contribution in [0.15, 0.2) is 24.3 Å². The summed E-state index contributed by atoms with van der Waals surface area (Å²) < 4.78 is 5.69. The van der Waals surface area contributed by atoms with Gasteiger partial charge >= 0.3 is 0 Å². The van der Waals surface area contributed by atoms with Crippen molar-refractivity contribution in [1.82, 2.24) is 0 Å². The standard InChI is InChI=1S/C14H18O2/c15-12-6-5-10(8-12)7-11-9-16-14-4-2-1-3-13(11)14/h1-4,10-12,15H,5-9H2. The minimum Gasteiger partial charge on any atom is -0.493 e. The lowest BCUT2D eigenvalue weighted by atomic mass is 9.89. The summed E-state index contributed by atoms with van der Waals surface area (Å²) in [7, 11) is 0. The van der Waals surface area contributed by atoms with Crippen LogP contribution in [0.2, 0.25) is 0 Å². The van der Waals surface area contributed by atoms with Gasteiger partial charge in [-0.3, -0.25) is 0 Å². The second-order valence-corrected chi connectivity index (χ2v) is 5.11. The van der Waals surface area contributed by atoms with E-state index in [-0.39, 0.29) is 6.10 Å². The molecule has 16 heavy (non-hydrogen) atoms. The zero-order valence-corrected chi connectivity index (χ0v) is 9.43. The molecule has 0 saturated heterocycles. The van der Waals surface area contributed by atoms with Crippen LogP contribution in [0, 0.1) is 5.92 Å². The Morgan fingerprint density at radius 3 is 2.94 bits per heavy atom. The fourth-order valence-corrected chi connectivity index (χ4v) is 3.09. The lowest BCUT2D eigenvalue weighted by Gasteiger charge is -2.14. The molecule has 1 fully saturated rings. The minimum absolute atomic E-state index is 0.0532. The van der Waals surface area contributed by atoms with E-state index in [4.69, 9.17) is 4.74 Å². The molecule has 3 rings (SSSR count). The lowest BCUT2D eigenvalue weighted by molar-refractivity contribution is 0.175. The number of hydrogen-bond acceptors (Lipinski definition) is 2. The summed E-state index contributed by atoms with van der Waals surface area (Å²) in [5, 5.41) is 9.54. The van der Waals surface area contributed by atoms with Gasteiger partial charge in [0, 0.05) is 11.5 Å². The molecule has 0 aromatic heterocycles. The number of para-hydroxylation sites is 1. The Bertz CT molecular complexity index is 375. The highest BCUT2D eigenvalue weighted by molar-refractivity contribution is 5.39. The van der Waals surface area contributed by atoms with E-state index in [1.165, 1.54) is 18.4 Å². The normalized spacial score (nSPS) is 32.4. The average Bonchev–Trinajstić information content (AvgIpc) is 2.87. The van der Waals surface area contributed by atoms with Crippen molar-refractivity contribution < 1.29 is 9.84 Å². The molecule has 2 heteroatoms. The Morgan fingerprint density at radius 2 is 2.12 bits per heavy atom. The Kier molecular flexibility index (Phi) is 2.60. The van der Waals surface area contributed by atoms with Crippen molar-refractivity contribution in [2.45, 2.75) is 37.7 Å². The molecule has 2 nitrogen and oxygen atoms in total. The lowest BCUT2D eigenvalue weighted by Crippen LogP contribution is -2.08. The van der Waals surface area contributed by atoms with Crippen molar-refractivity contribution in [2.75, 3.05) is 6.61 Å². The molecule has 0 bridgehead atoms. The highest BCUT2D eigenvalue weighted by Gasteiger charge is 2.30. The fourth-order valence-electron chi connectivity index (χ4n) is 3.09. The zero-order valence-electron chi connectivity index (χ0n) is 9.43. The van der Waals surface area contributed by atoms with Gasteiger partial charge < -0.3 is 9.84 Å². The molecule has 0 radical (unpaired) electrons. The first-order valence-electron chi connectivity index (χ1n) is 6.22. The molecule has 1 saturated carbocycles. The van der Waals surface area contributed by atoms with E-state index >= 15 is 0 Å². The molecule has 3 unspecified atom stereocenters. The molecule has 1 aromatic carbocycles. The Morgan fingerprint density at radius 1 is 1.25 bits per heavy atom. The van der Waals surface area contributed by atoms with E-state index in [9.17, 15) is 5.11 Å². The molecular weight excluding hydrogens is 200 g/mol. The number of benzene rings is 1. The number of hydrogen-bond donors (Lipinski definition) is 1. The van der Waals surface area contributed by atoms with Gasteiger partial charge in [-0.15, -0.1) is 0 Å². The molecule has 1 aliphatic carbocycles. The van der Waals surface area contributed by atoms with Crippen LogP contribution >= 0.6 is 0 Å². The number of aliphatic hydroxyl groups excluding tert-OH is 1. The van der Waals surface area contributed by atoms with Gasteiger partial charge in [-0.25, -0.2) is 0 Å². The van der Waals surface area contributed by atoms with Crippen LogP contribution in [0.1, 0.15) is 37.2 Å². The molecule has 1 aliphatic heterocycles. The fraction of sp³-hybridized carbons (Fsp3) is 0.571. The van der Waals surface area contributed by atoms with Gasteiger partial charge in [-0.2, -0.15) is 0 Å². The quantitative estimate of drug-likeness (QED) is 0.827. The minimum atomic E-state index is -0.0532. The molecule has 0 amide bonds. The van der Waals surface area contributed by atoms with Crippen LogP contribution in [0.25, 0.3) is 0 Å². The first-order chi connectivity index (χ1) is 7.83. The van der Waals surface area contributed by atoms with E-state index in [2.05, 4.69) is 18.2 Å². The molecular formula is C14H18O2. The number of fused-ring (bicyclic) bond motifs is 1. The van der Waals surface area contributed by atoms with Crippen molar-refractivity contribution in [3.63, 3.8) is 0 Å². The van der Waals surface area contributed by atoms with Gasteiger partial charge in [-0.1, -0.05) is 18.2 Å². The summed E-state index contributed by atoms with van der Waals surface area (Å²) in [4.78, 5) is 0.